The molecule has 1 N–H and O–H groups in total. The molecular weight excluding hydrogens is 428 g/mol. The highest BCUT2D eigenvalue weighted by Gasteiger charge is 2.40. The molecule has 7 nitrogen and oxygen atoms in total. The van der Waals surface area contributed by atoms with Crippen LogP contribution in [0.1, 0.15) is 23.2 Å². The molecule has 2 aromatic rings. The Morgan fingerprint density at radius 1 is 0.971 bits per heavy atom. The third kappa shape index (κ3) is 4.46. The third-order valence-corrected chi connectivity index (χ3v) is 8.13. The smallest absolute Gasteiger partial charge is 0.251 e. The van der Waals surface area contributed by atoms with Crippen molar-refractivity contribution >= 4 is 11.6 Å². The first-order chi connectivity index (χ1) is 16.7. The van der Waals surface area contributed by atoms with Gasteiger partial charge < -0.3 is 19.7 Å². The number of piperazine rings is 1. The van der Waals surface area contributed by atoms with Gasteiger partial charge in [0, 0.05) is 63.1 Å². The average molecular weight is 463 g/mol. The molecule has 0 spiro atoms. The van der Waals surface area contributed by atoms with Gasteiger partial charge in [0.05, 0.1) is 0 Å². The summed E-state index contributed by atoms with van der Waals surface area (Å²) < 4.78 is 10.8. The number of hydrogen-bond donors (Lipinski definition) is 1. The van der Waals surface area contributed by atoms with E-state index in [0.717, 1.165) is 51.1 Å². The molecule has 4 fully saturated rings. The number of benzene rings is 2. The Balaban J connectivity index is 0.979. The second-order valence-electron chi connectivity index (χ2n) is 10.1. The predicted octanol–water partition coefficient (Wildman–Crippen LogP) is 2.68. The molecule has 1 amide bonds. The third-order valence-electron chi connectivity index (χ3n) is 8.13. The van der Waals surface area contributed by atoms with Gasteiger partial charge in [-0.05, 0) is 61.6 Å². The van der Waals surface area contributed by atoms with Crippen molar-refractivity contribution in [2.75, 3.05) is 64.1 Å². The summed E-state index contributed by atoms with van der Waals surface area (Å²) in [5.74, 6) is 2.84. The van der Waals surface area contributed by atoms with Crippen molar-refractivity contribution in [3.63, 3.8) is 0 Å². The number of carbonyl (C=O) groups is 1. The van der Waals surface area contributed by atoms with Crippen molar-refractivity contribution in [2.45, 2.75) is 18.9 Å². The first-order valence-electron chi connectivity index (χ1n) is 12.7. The van der Waals surface area contributed by atoms with Gasteiger partial charge in [-0.3, -0.25) is 14.6 Å². The van der Waals surface area contributed by atoms with Crippen LogP contribution < -0.4 is 19.7 Å². The molecule has 0 aliphatic carbocycles. The minimum Gasteiger partial charge on any atom is -0.454 e. The molecule has 1 unspecified atom stereocenters. The summed E-state index contributed by atoms with van der Waals surface area (Å²) >= 11 is 0. The zero-order valence-corrected chi connectivity index (χ0v) is 19.7. The second-order valence-corrected chi connectivity index (χ2v) is 10.1. The van der Waals surface area contributed by atoms with Crippen molar-refractivity contribution in [3.8, 4) is 11.5 Å². The molecule has 34 heavy (non-hydrogen) atoms. The van der Waals surface area contributed by atoms with Gasteiger partial charge in [0.25, 0.3) is 5.91 Å². The van der Waals surface area contributed by atoms with E-state index in [4.69, 9.17) is 9.47 Å². The average Bonchev–Trinajstić information content (AvgIpc) is 3.37. The molecule has 4 saturated heterocycles. The number of amides is 1. The van der Waals surface area contributed by atoms with Gasteiger partial charge in [0.15, 0.2) is 11.5 Å². The highest BCUT2D eigenvalue weighted by atomic mass is 16.7. The van der Waals surface area contributed by atoms with Crippen LogP contribution in [-0.2, 0) is 0 Å². The van der Waals surface area contributed by atoms with E-state index in [1.54, 1.807) is 6.07 Å². The van der Waals surface area contributed by atoms with Gasteiger partial charge in [0.1, 0.15) is 0 Å². The topological polar surface area (TPSA) is 57.3 Å². The summed E-state index contributed by atoms with van der Waals surface area (Å²) in [7, 11) is 0. The Bertz CT molecular complexity index is 1010. The zero-order valence-electron chi connectivity index (χ0n) is 19.7. The Morgan fingerprint density at radius 2 is 1.79 bits per heavy atom. The molecule has 7 rings (SSSR count). The number of ether oxygens (including phenoxy) is 2. The number of piperidine rings is 3. The van der Waals surface area contributed by atoms with E-state index in [9.17, 15) is 4.79 Å². The minimum absolute atomic E-state index is 0.0335. The highest BCUT2D eigenvalue weighted by Crippen LogP contribution is 2.37. The monoisotopic (exact) mass is 462 g/mol. The van der Waals surface area contributed by atoms with Gasteiger partial charge >= 0.3 is 0 Å². The molecule has 5 aliphatic heterocycles. The van der Waals surface area contributed by atoms with Crippen LogP contribution in [0.5, 0.6) is 11.5 Å². The largest absolute Gasteiger partial charge is 0.454 e. The standard InChI is InChI=1S/C27H34N4O3/c32-27(21-6-7-25-26(15-21)34-19-33-25)28-16-24-14-20-8-9-31(24)18-22(20)17-29-10-12-30(13-11-29)23-4-2-1-3-5-23/h1-7,15,20,22,24H,8-14,16-19H2,(H,28,32)/t20-,22-,24+/m0/s1. The lowest BCUT2D eigenvalue weighted by Gasteiger charge is -2.51. The number of carbonyl (C=O) groups excluding carboxylic acids is 1. The number of anilines is 1. The fraction of sp³-hybridized carbons (Fsp3) is 0.519. The lowest BCUT2D eigenvalue weighted by molar-refractivity contribution is -0.0120. The lowest BCUT2D eigenvalue weighted by atomic mass is 9.75. The quantitative estimate of drug-likeness (QED) is 0.713. The fourth-order valence-corrected chi connectivity index (χ4v) is 6.18. The van der Waals surface area contributed by atoms with E-state index in [2.05, 4.69) is 50.3 Å². The van der Waals surface area contributed by atoms with E-state index in [0.29, 0.717) is 29.6 Å². The van der Waals surface area contributed by atoms with Crippen molar-refractivity contribution < 1.29 is 14.3 Å². The van der Waals surface area contributed by atoms with Crippen LogP contribution in [-0.4, -0.2) is 80.9 Å². The van der Waals surface area contributed by atoms with Gasteiger partial charge in [-0.25, -0.2) is 0 Å². The van der Waals surface area contributed by atoms with E-state index >= 15 is 0 Å². The first-order valence-corrected chi connectivity index (χ1v) is 12.7. The summed E-state index contributed by atoms with van der Waals surface area (Å²) in [4.78, 5) is 20.5. The fourth-order valence-electron chi connectivity index (χ4n) is 6.18. The summed E-state index contributed by atoms with van der Waals surface area (Å²) in [6, 6.07) is 16.6. The van der Waals surface area contributed by atoms with Gasteiger partial charge in [-0.15, -0.1) is 0 Å². The van der Waals surface area contributed by atoms with Gasteiger partial charge in [0.2, 0.25) is 6.79 Å². The summed E-state index contributed by atoms with van der Waals surface area (Å²) in [5, 5.41) is 3.17. The Morgan fingerprint density at radius 3 is 2.59 bits per heavy atom. The molecular formula is C27H34N4O3. The number of nitrogens with zero attached hydrogens (tertiary/aromatic N) is 3. The number of nitrogens with one attached hydrogen (secondary N) is 1. The van der Waals surface area contributed by atoms with Crippen LogP contribution in [0.25, 0.3) is 0 Å². The van der Waals surface area contributed by atoms with Crippen molar-refractivity contribution in [3.05, 3.63) is 54.1 Å². The normalized spacial score (nSPS) is 28.2. The number of fused-ring (bicyclic) bond motifs is 4. The molecule has 4 atom stereocenters. The molecule has 0 aromatic heterocycles. The Kier molecular flexibility index (Phi) is 6.05. The molecule has 5 heterocycles. The van der Waals surface area contributed by atoms with Gasteiger partial charge in [-0.2, -0.15) is 0 Å². The molecule has 180 valence electrons. The number of para-hydroxylation sites is 1. The van der Waals surface area contributed by atoms with Crippen molar-refractivity contribution in [2.24, 2.45) is 11.8 Å². The summed E-state index contributed by atoms with van der Waals surface area (Å²) in [6.45, 7) is 8.98. The molecule has 2 aromatic carbocycles. The van der Waals surface area contributed by atoms with Crippen LogP contribution in [0, 0.1) is 11.8 Å². The lowest BCUT2D eigenvalue weighted by Crippen LogP contribution is -2.59. The van der Waals surface area contributed by atoms with Crippen LogP contribution in [0.15, 0.2) is 48.5 Å². The van der Waals surface area contributed by atoms with Crippen LogP contribution in [0.2, 0.25) is 0 Å². The van der Waals surface area contributed by atoms with Crippen molar-refractivity contribution in [1.82, 2.24) is 15.1 Å². The molecule has 7 heteroatoms. The van der Waals surface area contributed by atoms with Gasteiger partial charge in [-0.1, -0.05) is 18.2 Å². The molecule has 2 bridgehead atoms. The minimum atomic E-state index is -0.0335. The van der Waals surface area contributed by atoms with Crippen LogP contribution in [0.3, 0.4) is 0 Å². The zero-order chi connectivity index (χ0) is 22.9. The van der Waals surface area contributed by atoms with E-state index in [1.807, 2.05) is 12.1 Å². The first kappa shape index (κ1) is 21.7. The summed E-state index contributed by atoms with van der Waals surface area (Å²) in [6.07, 6.45) is 2.48. The Hall–Kier alpha value is -2.77. The maximum Gasteiger partial charge on any atom is 0.251 e. The highest BCUT2D eigenvalue weighted by molar-refractivity contribution is 5.94. The maximum atomic E-state index is 12.7. The molecule has 0 radical (unpaired) electrons. The number of hydrogen-bond acceptors (Lipinski definition) is 6. The summed E-state index contributed by atoms with van der Waals surface area (Å²) in [5.41, 5.74) is 1.98. The molecule has 5 aliphatic rings. The van der Waals surface area contributed by atoms with E-state index in [-0.39, 0.29) is 12.7 Å². The maximum absolute atomic E-state index is 12.7. The predicted molar refractivity (Wildman–Crippen MR) is 132 cm³/mol. The second kappa shape index (κ2) is 9.47. The van der Waals surface area contributed by atoms with Crippen LogP contribution >= 0.6 is 0 Å². The SMILES string of the molecule is O=C(NC[C@H]1C[C@@H]2CCN1C[C@@H]2CN1CCN(c2ccccc2)CC1)c1ccc2c(c1)OCO2. The molecule has 0 saturated carbocycles. The van der Waals surface area contributed by atoms with Crippen molar-refractivity contribution in [1.29, 1.82) is 0 Å². The van der Waals surface area contributed by atoms with Crippen LogP contribution in [0.4, 0.5) is 5.69 Å². The number of rotatable bonds is 6. The van der Waals surface area contributed by atoms with E-state index in [1.165, 1.54) is 25.1 Å². The van der Waals surface area contributed by atoms with E-state index < -0.39 is 0 Å². The Labute approximate surface area is 201 Å².